The van der Waals surface area contributed by atoms with Crippen molar-refractivity contribution in [2.45, 2.75) is 38.5 Å². The minimum absolute atomic E-state index is 0.133. The molecule has 5 nitrogen and oxygen atoms in total. The second kappa shape index (κ2) is 7.22. The molecular formula is C18H21N3O2. The van der Waals surface area contributed by atoms with E-state index >= 15 is 0 Å². The van der Waals surface area contributed by atoms with Crippen LogP contribution in [0.25, 0.3) is 10.9 Å². The summed E-state index contributed by atoms with van der Waals surface area (Å²) in [6.07, 6.45) is 6.35. The number of hydrazine groups is 1. The van der Waals surface area contributed by atoms with Crippen LogP contribution in [0.15, 0.2) is 36.4 Å². The Hall–Kier alpha value is -2.43. The SMILES string of the molecule is O=C(CC1CCCCC1)NNC(=O)c1ccc2ccccc2n1. The highest BCUT2D eigenvalue weighted by atomic mass is 16.2. The number of rotatable bonds is 3. The summed E-state index contributed by atoms with van der Waals surface area (Å²) in [5.41, 5.74) is 6.00. The molecule has 1 heterocycles. The Morgan fingerprint density at radius 1 is 1.00 bits per heavy atom. The van der Waals surface area contributed by atoms with Gasteiger partial charge in [0.1, 0.15) is 5.69 Å². The van der Waals surface area contributed by atoms with E-state index < -0.39 is 5.91 Å². The molecule has 3 rings (SSSR count). The van der Waals surface area contributed by atoms with E-state index in [1.807, 2.05) is 30.3 Å². The van der Waals surface area contributed by atoms with E-state index in [0.29, 0.717) is 18.0 Å². The number of nitrogens with one attached hydrogen (secondary N) is 2. The van der Waals surface area contributed by atoms with Crippen LogP contribution in [-0.4, -0.2) is 16.8 Å². The fourth-order valence-corrected chi connectivity index (χ4v) is 3.09. The van der Waals surface area contributed by atoms with E-state index in [9.17, 15) is 9.59 Å². The Morgan fingerprint density at radius 3 is 2.61 bits per heavy atom. The molecule has 1 aromatic carbocycles. The van der Waals surface area contributed by atoms with Crippen molar-refractivity contribution in [2.24, 2.45) is 5.92 Å². The second-order valence-electron chi connectivity index (χ2n) is 6.10. The van der Waals surface area contributed by atoms with Crippen molar-refractivity contribution in [1.29, 1.82) is 0 Å². The molecule has 2 N–H and O–H groups in total. The second-order valence-corrected chi connectivity index (χ2v) is 6.10. The van der Waals surface area contributed by atoms with Crippen molar-refractivity contribution < 1.29 is 9.59 Å². The number of hydrogen-bond donors (Lipinski definition) is 2. The molecule has 1 saturated carbocycles. The first-order valence-electron chi connectivity index (χ1n) is 8.17. The van der Waals surface area contributed by atoms with Crippen molar-refractivity contribution in [1.82, 2.24) is 15.8 Å². The van der Waals surface area contributed by atoms with Gasteiger partial charge in [0.25, 0.3) is 5.91 Å². The van der Waals surface area contributed by atoms with Crippen LogP contribution in [-0.2, 0) is 4.79 Å². The zero-order valence-electron chi connectivity index (χ0n) is 13.0. The fraction of sp³-hybridized carbons (Fsp3) is 0.389. The summed E-state index contributed by atoms with van der Waals surface area (Å²) in [4.78, 5) is 28.3. The molecule has 1 aromatic heterocycles. The zero-order valence-corrected chi connectivity index (χ0v) is 13.0. The van der Waals surface area contributed by atoms with E-state index in [-0.39, 0.29) is 5.91 Å². The van der Waals surface area contributed by atoms with Gasteiger partial charge >= 0.3 is 0 Å². The Morgan fingerprint density at radius 2 is 1.78 bits per heavy atom. The number of pyridine rings is 1. The normalized spacial score (nSPS) is 15.3. The van der Waals surface area contributed by atoms with Gasteiger partial charge in [0, 0.05) is 11.8 Å². The molecule has 0 bridgehead atoms. The summed E-state index contributed by atoms with van der Waals surface area (Å²) in [5.74, 6) is -0.0850. The van der Waals surface area contributed by atoms with Crippen LogP contribution >= 0.6 is 0 Å². The maximum absolute atomic E-state index is 12.1. The molecule has 5 heteroatoms. The van der Waals surface area contributed by atoms with Gasteiger partial charge in [0.05, 0.1) is 5.52 Å². The zero-order chi connectivity index (χ0) is 16.1. The minimum Gasteiger partial charge on any atom is -0.273 e. The van der Waals surface area contributed by atoms with E-state index in [1.165, 1.54) is 19.3 Å². The number of carbonyl (C=O) groups excluding carboxylic acids is 2. The molecule has 2 aromatic rings. The summed E-state index contributed by atoms with van der Waals surface area (Å²) >= 11 is 0. The van der Waals surface area contributed by atoms with Gasteiger partial charge in [0.15, 0.2) is 0 Å². The van der Waals surface area contributed by atoms with Gasteiger partial charge in [-0.05, 0) is 30.9 Å². The predicted molar refractivity (Wildman–Crippen MR) is 88.5 cm³/mol. The average Bonchev–Trinajstić information content (AvgIpc) is 2.60. The molecular weight excluding hydrogens is 290 g/mol. The third-order valence-corrected chi connectivity index (χ3v) is 4.35. The quantitative estimate of drug-likeness (QED) is 0.856. The molecule has 0 spiro atoms. The fourth-order valence-electron chi connectivity index (χ4n) is 3.09. The molecule has 0 atom stereocenters. The van der Waals surface area contributed by atoms with Crippen LogP contribution in [0.4, 0.5) is 0 Å². The summed E-state index contributed by atoms with van der Waals surface area (Å²) < 4.78 is 0. The van der Waals surface area contributed by atoms with Gasteiger partial charge in [-0.2, -0.15) is 0 Å². The van der Waals surface area contributed by atoms with Crippen LogP contribution in [0.5, 0.6) is 0 Å². The molecule has 1 aliphatic rings. The number of aromatic nitrogens is 1. The molecule has 0 aliphatic heterocycles. The Balaban J connectivity index is 1.54. The van der Waals surface area contributed by atoms with Crippen molar-refractivity contribution in [3.05, 3.63) is 42.1 Å². The van der Waals surface area contributed by atoms with E-state index in [0.717, 1.165) is 23.7 Å². The van der Waals surface area contributed by atoms with Crippen LogP contribution < -0.4 is 10.9 Å². The van der Waals surface area contributed by atoms with Crippen molar-refractivity contribution in [3.8, 4) is 0 Å². The van der Waals surface area contributed by atoms with Crippen LogP contribution in [0.3, 0.4) is 0 Å². The van der Waals surface area contributed by atoms with Crippen LogP contribution in [0.1, 0.15) is 49.0 Å². The number of benzene rings is 1. The van der Waals surface area contributed by atoms with Crippen molar-refractivity contribution in [2.75, 3.05) is 0 Å². The molecule has 0 saturated heterocycles. The third kappa shape index (κ3) is 4.06. The standard InChI is InChI=1S/C18H21N3O2/c22-17(12-13-6-2-1-3-7-13)20-21-18(23)16-11-10-14-8-4-5-9-15(14)19-16/h4-5,8-11,13H,1-3,6-7,12H2,(H,20,22)(H,21,23). The minimum atomic E-state index is -0.396. The van der Waals surface area contributed by atoms with Crippen molar-refractivity contribution in [3.63, 3.8) is 0 Å². The average molecular weight is 311 g/mol. The lowest BCUT2D eigenvalue weighted by Gasteiger charge is -2.20. The number of fused-ring (bicyclic) bond motifs is 1. The smallest absolute Gasteiger partial charge is 0.273 e. The topological polar surface area (TPSA) is 71.1 Å². The number of hydrogen-bond acceptors (Lipinski definition) is 3. The van der Waals surface area contributed by atoms with Crippen molar-refractivity contribution >= 4 is 22.7 Å². The van der Waals surface area contributed by atoms with Gasteiger partial charge in [-0.3, -0.25) is 20.4 Å². The molecule has 23 heavy (non-hydrogen) atoms. The molecule has 2 amide bonds. The number of para-hydroxylation sites is 1. The lowest BCUT2D eigenvalue weighted by Crippen LogP contribution is -2.42. The first-order valence-corrected chi connectivity index (χ1v) is 8.17. The van der Waals surface area contributed by atoms with Gasteiger partial charge in [-0.1, -0.05) is 43.5 Å². The third-order valence-electron chi connectivity index (χ3n) is 4.35. The highest BCUT2D eigenvalue weighted by molar-refractivity contribution is 5.95. The van der Waals surface area contributed by atoms with E-state index in [1.54, 1.807) is 6.07 Å². The van der Waals surface area contributed by atoms with Gasteiger partial charge < -0.3 is 0 Å². The predicted octanol–water partition coefficient (Wildman–Crippen LogP) is 2.97. The van der Waals surface area contributed by atoms with E-state index in [4.69, 9.17) is 0 Å². The highest BCUT2D eigenvalue weighted by Crippen LogP contribution is 2.25. The van der Waals surface area contributed by atoms with Gasteiger partial charge in [-0.25, -0.2) is 4.98 Å². The Kier molecular flexibility index (Phi) is 4.86. The summed E-state index contributed by atoms with van der Waals surface area (Å²) in [5, 5.41) is 0.977. The maximum atomic E-state index is 12.1. The first kappa shape index (κ1) is 15.5. The van der Waals surface area contributed by atoms with Crippen LogP contribution in [0, 0.1) is 5.92 Å². The number of nitrogens with zero attached hydrogens (tertiary/aromatic N) is 1. The first-order chi connectivity index (χ1) is 11.2. The molecule has 1 fully saturated rings. The maximum Gasteiger partial charge on any atom is 0.288 e. The Bertz CT molecular complexity index is 708. The highest BCUT2D eigenvalue weighted by Gasteiger charge is 2.17. The summed E-state index contributed by atoms with van der Waals surface area (Å²) in [7, 11) is 0. The lowest BCUT2D eigenvalue weighted by molar-refractivity contribution is -0.123. The van der Waals surface area contributed by atoms with E-state index in [2.05, 4.69) is 15.8 Å². The van der Waals surface area contributed by atoms with Gasteiger partial charge in [-0.15, -0.1) is 0 Å². The number of carbonyl (C=O) groups is 2. The molecule has 0 radical (unpaired) electrons. The molecule has 0 unspecified atom stereocenters. The molecule has 120 valence electrons. The summed E-state index contributed by atoms with van der Waals surface area (Å²) in [6.45, 7) is 0. The monoisotopic (exact) mass is 311 g/mol. The van der Waals surface area contributed by atoms with Gasteiger partial charge in [0.2, 0.25) is 5.91 Å². The summed E-state index contributed by atoms with van der Waals surface area (Å²) in [6, 6.07) is 11.1. The largest absolute Gasteiger partial charge is 0.288 e. The Labute approximate surface area is 135 Å². The lowest BCUT2D eigenvalue weighted by atomic mass is 9.87. The van der Waals surface area contributed by atoms with Crippen LogP contribution in [0.2, 0.25) is 0 Å². The molecule has 1 aliphatic carbocycles. The number of amides is 2.